The summed E-state index contributed by atoms with van der Waals surface area (Å²) in [4.78, 5) is 16.5. The van der Waals surface area contributed by atoms with Crippen LogP contribution in [0.4, 0.5) is 9.52 Å². The van der Waals surface area contributed by atoms with Crippen LogP contribution in [0.2, 0.25) is 0 Å². The first-order valence-electron chi connectivity index (χ1n) is 7.64. The van der Waals surface area contributed by atoms with Crippen LogP contribution in [0.3, 0.4) is 0 Å². The molecule has 2 aromatic carbocycles. The minimum absolute atomic E-state index is 0.0417. The van der Waals surface area contributed by atoms with Crippen molar-refractivity contribution in [3.05, 3.63) is 63.7 Å². The van der Waals surface area contributed by atoms with E-state index in [0.717, 1.165) is 21.5 Å². The largest absolute Gasteiger partial charge is 0.496 e. The number of nitrogens with zero attached hydrogens (tertiary/aromatic N) is 1. The Morgan fingerprint density at radius 1 is 1.30 bits per heavy atom. The van der Waals surface area contributed by atoms with Crippen molar-refractivity contribution in [3.63, 3.8) is 0 Å². The van der Waals surface area contributed by atoms with E-state index < -0.39 is 11.7 Å². The molecular weight excluding hydrogens is 453 g/mol. The number of thiazole rings is 1. The first kappa shape index (κ1) is 19.4. The molecule has 0 saturated carbocycles. The molecule has 0 bridgehead atoms. The summed E-state index contributed by atoms with van der Waals surface area (Å²) in [5.74, 6) is -0.509. The lowest BCUT2D eigenvalue weighted by Crippen LogP contribution is -2.34. The van der Waals surface area contributed by atoms with Crippen molar-refractivity contribution in [1.29, 1.82) is 0 Å². The predicted molar refractivity (Wildman–Crippen MR) is 112 cm³/mol. The Morgan fingerprint density at radius 3 is 2.78 bits per heavy atom. The molecule has 0 aliphatic heterocycles. The maximum atomic E-state index is 13.6. The maximum absolute atomic E-state index is 13.6. The molecule has 138 valence electrons. The number of thiocarbonyl (C=S) groups is 1. The van der Waals surface area contributed by atoms with Gasteiger partial charge in [0, 0.05) is 10.9 Å². The number of nitrogens with one attached hydrogen (secondary N) is 2. The molecule has 3 aromatic rings. The van der Waals surface area contributed by atoms with Crippen molar-refractivity contribution in [2.75, 3.05) is 12.4 Å². The topological polar surface area (TPSA) is 63.2 Å². The second-order valence-corrected chi connectivity index (χ2v) is 7.40. The highest BCUT2D eigenvalue weighted by Crippen LogP contribution is 2.32. The Hall–Kier alpha value is -2.36. The van der Waals surface area contributed by atoms with Crippen molar-refractivity contribution in [1.82, 2.24) is 10.3 Å². The number of benzene rings is 2. The first-order chi connectivity index (χ1) is 13.0. The highest BCUT2D eigenvalue weighted by Gasteiger charge is 2.13. The van der Waals surface area contributed by atoms with Crippen molar-refractivity contribution >= 4 is 55.6 Å². The summed E-state index contributed by atoms with van der Waals surface area (Å²) in [7, 11) is 1.60. The van der Waals surface area contributed by atoms with E-state index >= 15 is 0 Å². The third kappa shape index (κ3) is 4.68. The van der Waals surface area contributed by atoms with Crippen LogP contribution < -0.4 is 15.4 Å². The van der Waals surface area contributed by atoms with Crippen molar-refractivity contribution < 1.29 is 13.9 Å². The Balaban J connectivity index is 1.67. The quantitative estimate of drug-likeness (QED) is 0.539. The summed E-state index contributed by atoms with van der Waals surface area (Å²) in [6, 6.07) is 11.3. The second kappa shape index (κ2) is 8.55. The van der Waals surface area contributed by atoms with Crippen molar-refractivity contribution in [2.45, 2.75) is 0 Å². The van der Waals surface area contributed by atoms with Gasteiger partial charge in [-0.2, -0.15) is 0 Å². The summed E-state index contributed by atoms with van der Waals surface area (Å²) in [6.45, 7) is 0. The summed E-state index contributed by atoms with van der Waals surface area (Å²) in [6.07, 6.45) is 0. The SMILES string of the molecule is COc1ccc(-c2csc(NC(=S)NC(=O)c3ccccc3F)n2)cc1Br. The van der Waals surface area contributed by atoms with E-state index in [9.17, 15) is 9.18 Å². The van der Waals surface area contributed by atoms with Gasteiger partial charge in [0.1, 0.15) is 11.6 Å². The normalized spacial score (nSPS) is 10.3. The number of carbonyl (C=O) groups excluding carboxylic acids is 1. The molecule has 0 atom stereocenters. The number of carbonyl (C=O) groups is 1. The lowest BCUT2D eigenvalue weighted by molar-refractivity contribution is 0.0974. The third-order valence-electron chi connectivity index (χ3n) is 3.52. The molecule has 0 fully saturated rings. The lowest BCUT2D eigenvalue weighted by Gasteiger charge is -2.07. The van der Waals surface area contributed by atoms with Crippen molar-refractivity contribution in [3.8, 4) is 17.0 Å². The highest BCUT2D eigenvalue weighted by atomic mass is 79.9. The van der Waals surface area contributed by atoms with Gasteiger partial charge in [-0.25, -0.2) is 9.37 Å². The molecule has 0 aliphatic carbocycles. The zero-order chi connectivity index (χ0) is 19.4. The van der Waals surface area contributed by atoms with Gasteiger partial charge < -0.3 is 10.1 Å². The number of ether oxygens (including phenoxy) is 1. The van der Waals surface area contributed by atoms with Crippen LogP contribution in [0, 0.1) is 5.82 Å². The summed E-state index contributed by atoms with van der Waals surface area (Å²) in [5, 5.41) is 7.69. The van der Waals surface area contributed by atoms with E-state index in [1.807, 2.05) is 23.6 Å². The molecule has 0 spiro atoms. The minimum Gasteiger partial charge on any atom is -0.496 e. The van der Waals surface area contributed by atoms with E-state index in [4.69, 9.17) is 17.0 Å². The smallest absolute Gasteiger partial charge is 0.260 e. The van der Waals surface area contributed by atoms with Gasteiger partial charge in [0.25, 0.3) is 5.91 Å². The van der Waals surface area contributed by atoms with Gasteiger partial charge in [-0.3, -0.25) is 10.1 Å². The van der Waals surface area contributed by atoms with Crippen LogP contribution in [-0.2, 0) is 0 Å². The van der Waals surface area contributed by atoms with Crippen molar-refractivity contribution in [2.24, 2.45) is 0 Å². The van der Waals surface area contributed by atoms with Crippen LogP contribution in [0.5, 0.6) is 5.75 Å². The van der Waals surface area contributed by atoms with Crippen LogP contribution in [0.25, 0.3) is 11.3 Å². The van der Waals surface area contributed by atoms with Gasteiger partial charge >= 0.3 is 0 Å². The average molecular weight is 466 g/mol. The molecular formula is C18H13BrFN3O2S2. The second-order valence-electron chi connectivity index (χ2n) is 5.28. The fourth-order valence-electron chi connectivity index (χ4n) is 2.23. The molecule has 0 aliphatic rings. The molecule has 1 aromatic heterocycles. The Morgan fingerprint density at radius 2 is 2.07 bits per heavy atom. The van der Waals surface area contributed by atoms with E-state index in [1.165, 1.54) is 29.5 Å². The molecule has 9 heteroatoms. The molecule has 3 rings (SSSR count). The Kier molecular flexibility index (Phi) is 6.15. The van der Waals surface area contributed by atoms with Crippen LogP contribution >= 0.6 is 39.5 Å². The fourth-order valence-corrected chi connectivity index (χ4v) is 3.75. The van der Waals surface area contributed by atoms with E-state index in [1.54, 1.807) is 13.2 Å². The molecule has 5 nitrogen and oxygen atoms in total. The number of anilines is 1. The Bertz CT molecular complexity index is 1010. The number of methoxy groups -OCH3 is 1. The zero-order valence-electron chi connectivity index (χ0n) is 14.0. The van der Waals surface area contributed by atoms with Gasteiger partial charge in [0.15, 0.2) is 10.2 Å². The van der Waals surface area contributed by atoms with Gasteiger partial charge in [-0.15, -0.1) is 11.3 Å². The average Bonchev–Trinajstić information content (AvgIpc) is 3.10. The summed E-state index contributed by atoms with van der Waals surface area (Å²) >= 11 is 9.89. The molecule has 0 saturated heterocycles. The molecule has 0 radical (unpaired) electrons. The van der Waals surface area contributed by atoms with Gasteiger partial charge in [-0.1, -0.05) is 12.1 Å². The predicted octanol–water partition coefficient (Wildman–Crippen LogP) is 4.85. The molecule has 1 amide bonds. The lowest BCUT2D eigenvalue weighted by atomic mass is 10.2. The van der Waals surface area contributed by atoms with E-state index in [0.29, 0.717) is 5.13 Å². The van der Waals surface area contributed by atoms with Crippen LogP contribution in [0.15, 0.2) is 52.3 Å². The number of aromatic nitrogens is 1. The van der Waals surface area contributed by atoms with Gasteiger partial charge in [0.2, 0.25) is 0 Å². The van der Waals surface area contributed by atoms with Crippen LogP contribution in [-0.4, -0.2) is 23.1 Å². The number of hydrogen-bond donors (Lipinski definition) is 2. The molecule has 27 heavy (non-hydrogen) atoms. The summed E-state index contributed by atoms with van der Waals surface area (Å²) in [5.41, 5.74) is 1.56. The number of rotatable bonds is 4. The van der Waals surface area contributed by atoms with E-state index in [-0.39, 0.29) is 10.7 Å². The zero-order valence-corrected chi connectivity index (χ0v) is 17.2. The monoisotopic (exact) mass is 465 g/mol. The maximum Gasteiger partial charge on any atom is 0.260 e. The van der Waals surface area contributed by atoms with E-state index in [2.05, 4.69) is 31.5 Å². The minimum atomic E-state index is -0.624. The first-order valence-corrected chi connectivity index (χ1v) is 9.72. The number of halogens is 2. The highest BCUT2D eigenvalue weighted by molar-refractivity contribution is 9.10. The molecule has 0 unspecified atom stereocenters. The Labute approximate surface area is 172 Å². The fraction of sp³-hybridized carbons (Fsp3) is 0.0556. The molecule has 1 heterocycles. The van der Waals surface area contributed by atoms with Gasteiger partial charge in [0.05, 0.1) is 22.8 Å². The van der Waals surface area contributed by atoms with Crippen LogP contribution in [0.1, 0.15) is 10.4 Å². The standard InChI is InChI=1S/C18H13BrFN3O2S2/c1-25-15-7-6-10(8-12(15)19)14-9-27-18(21-14)23-17(26)22-16(24)11-4-2-3-5-13(11)20/h2-9H,1H3,(H2,21,22,23,24,26). The van der Waals surface area contributed by atoms with Gasteiger partial charge in [-0.05, 0) is 58.5 Å². The third-order valence-corrected chi connectivity index (χ3v) is 5.10. The number of amides is 1. The molecule has 2 N–H and O–H groups in total. The summed E-state index contributed by atoms with van der Waals surface area (Å²) < 4.78 is 19.7. The number of hydrogen-bond acceptors (Lipinski definition) is 5.